The predicted octanol–water partition coefficient (Wildman–Crippen LogP) is 4.01. The summed E-state index contributed by atoms with van der Waals surface area (Å²) in [6.45, 7) is 3.54. The van der Waals surface area contributed by atoms with Gasteiger partial charge in [0.1, 0.15) is 0 Å². The van der Waals surface area contributed by atoms with E-state index in [9.17, 15) is 9.59 Å². The second-order valence-corrected chi connectivity index (χ2v) is 5.57. The van der Waals surface area contributed by atoms with Gasteiger partial charge in [-0.15, -0.1) is 0 Å². The summed E-state index contributed by atoms with van der Waals surface area (Å²) in [5.74, 6) is -0.912. The number of carbonyl (C=O) groups is 2. The van der Waals surface area contributed by atoms with Crippen molar-refractivity contribution in [3.8, 4) is 0 Å². The molecule has 0 atom stereocenters. The second kappa shape index (κ2) is 7.79. The lowest BCUT2D eigenvalue weighted by Gasteiger charge is -2.09. The van der Waals surface area contributed by atoms with Gasteiger partial charge in [0.2, 0.25) is 0 Å². The third kappa shape index (κ3) is 4.83. The molecule has 23 heavy (non-hydrogen) atoms. The van der Waals surface area contributed by atoms with Gasteiger partial charge in [0.05, 0.1) is 5.56 Å². The normalized spacial score (nSPS) is 10.2. The van der Waals surface area contributed by atoms with Crippen molar-refractivity contribution in [1.82, 2.24) is 0 Å². The summed E-state index contributed by atoms with van der Waals surface area (Å²) in [6, 6.07) is 12.3. The van der Waals surface area contributed by atoms with Crippen molar-refractivity contribution < 1.29 is 14.3 Å². The second-order valence-electron chi connectivity index (χ2n) is 5.13. The molecule has 0 bridgehead atoms. The summed E-state index contributed by atoms with van der Waals surface area (Å²) in [7, 11) is 0. The molecule has 0 saturated carbocycles. The molecular formula is C18H18ClNO3. The van der Waals surface area contributed by atoms with Crippen LogP contribution >= 0.6 is 11.6 Å². The van der Waals surface area contributed by atoms with Crippen LogP contribution in [-0.4, -0.2) is 18.5 Å². The Morgan fingerprint density at radius 3 is 2.43 bits per heavy atom. The van der Waals surface area contributed by atoms with Crippen molar-refractivity contribution >= 4 is 29.2 Å². The van der Waals surface area contributed by atoms with Gasteiger partial charge in [0.15, 0.2) is 6.61 Å². The fraction of sp³-hybridized carbons (Fsp3) is 0.222. The minimum absolute atomic E-state index is 0.337. The number of carbonyl (C=O) groups excluding carboxylic acids is 2. The fourth-order valence-electron chi connectivity index (χ4n) is 2.04. The van der Waals surface area contributed by atoms with Gasteiger partial charge in [-0.3, -0.25) is 4.79 Å². The molecule has 0 spiro atoms. The quantitative estimate of drug-likeness (QED) is 0.842. The van der Waals surface area contributed by atoms with Gasteiger partial charge in [-0.2, -0.15) is 0 Å². The summed E-state index contributed by atoms with van der Waals surface area (Å²) < 4.78 is 5.02. The lowest BCUT2D eigenvalue weighted by molar-refractivity contribution is -0.119. The van der Waals surface area contributed by atoms with E-state index in [1.54, 1.807) is 30.3 Å². The maximum atomic E-state index is 11.9. The van der Waals surface area contributed by atoms with E-state index < -0.39 is 11.9 Å². The molecule has 0 saturated heterocycles. The number of hydrogen-bond donors (Lipinski definition) is 1. The fourth-order valence-corrected chi connectivity index (χ4v) is 2.27. The van der Waals surface area contributed by atoms with E-state index in [1.807, 2.05) is 26.0 Å². The topological polar surface area (TPSA) is 55.4 Å². The molecule has 0 aliphatic rings. The summed E-state index contributed by atoms with van der Waals surface area (Å²) >= 11 is 5.86. The van der Waals surface area contributed by atoms with Gasteiger partial charge in [-0.1, -0.05) is 30.7 Å². The van der Waals surface area contributed by atoms with Crippen LogP contribution in [0.15, 0.2) is 42.5 Å². The molecule has 0 radical (unpaired) electrons. The zero-order valence-corrected chi connectivity index (χ0v) is 13.8. The van der Waals surface area contributed by atoms with Crippen molar-refractivity contribution in [2.24, 2.45) is 0 Å². The molecule has 5 heteroatoms. The van der Waals surface area contributed by atoms with E-state index in [1.165, 1.54) is 0 Å². The van der Waals surface area contributed by atoms with E-state index in [0.29, 0.717) is 16.3 Å². The zero-order chi connectivity index (χ0) is 16.8. The van der Waals surface area contributed by atoms with Gasteiger partial charge < -0.3 is 10.1 Å². The average molecular weight is 332 g/mol. The number of rotatable bonds is 5. The van der Waals surface area contributed by atoms with Gasteiger partial charge in [-0.25, -0.2) is 4.79 Å². The smallest absolute Gasteiger partial charge is 0.338 e. The first-order chi connectivity index (χ1) is 11.0. The number of amides is 1. The summed E-state index contributed by atoms with van der Waals surface area (Å²) in [4.78, 5) is 23.8. The van der Waals surface area contributed by atoms with Gasteiger partial charge in [0.25, 0.3) is 5.91 Å². The maximum absolute atomic E-state index is 11.9. The van der Waals surface area contributed by atoms with Crippen LogP contribution in [0.3, 0.4) is 0 Å². The van der Waals surface area contributed by atoms with E-state index in [0.717, 1.165) is 17.5 Å². The van der Waals surface area contributed by atoms with Gasteiger partial charge in [-0.05, 0) is 54.8 Å². The van der Waals surface area contributed by atoms with Crippen LogP contribution in [0.5, 0.6) is 0 Å². The molecular weight excluding hydrogens is 314 g/mol. The van der Waals surface area contributed by atoms with Crippen molar-refractivity contribution in [3.05, 3.63) is 64.2 Å². The van der Waals surface area contributed by atoms with Crippen LogP contribution in [0.2, 0.25) is 5.02 Å². The number of ether oxygens (including phenoxy) is 1. The Hall–Kier alpha value is -2.33. The molecule has 120 valence electrons. The first-order valence-electron chi connectivity index (χ1n) is 7.31. The van der Waals surface area contributed by atoms with E-state index >= 15 is 0 Å². The SMILES string of the molecule is CCc1ccc(C(=O)OCC(=O)Nc2ccc(Cl)cc2C)cc1. The van der Waals surface area contributed by atoms with Crippen LogP contribution in [0.1, 0.15) is 28.4 Å². The molecule has 2 rings (SSSR count). The van der Waals surface area contributed by atoms with Crippen LogP contribution in [-0.2, 0) is 16.0 Å². The Kier molecular flexibility index (Phi) is 5.77. The van der Waals surface area contributed by atoms with Crippen molar-refractivity contribution in [2.45, 2.75) is 20.3 Å². The number of hydrogen-bond acceptors (Lipinski definition) is 3. The highest BCUT2D eigenvalue weighted by Gasteiger charge is 2.11. The number of esters is 1. The first kappa shape index (κ1) is 17.0. The highest BCUT2D eigenvalue weighted by molar-refractivity contribution is 6.30. The molecule has 2 aromatic rings. The maximum Gasteiger partial charge on any atom is 0.338 e. The first-order valence-corrected chi connectivity index (χ1v) is 7.69. The molecule has 1 N–H and O–H groups in total. The van der Waals surface area contributed by atoms with Gasteiger partial charge in [0, 0.05) is 10.7 Å². The molecule has 0 fully saturated rings. The van der Waals surface area contributed by atoms with Crippen molar-refractivity contribution in [2.75, 3.05) is 11.9 Å². The summed E-state index contributed by atoms with van der Waals surface area (Å²) in [6.07, 6.45) is 0.901. The van der Waals surface area contributed by atoms with Crippen LogP contribution < -0.4 is 5.32 Å². The molecule has 4 nitrogen and oxygen atoms in total. The van der Waals surface area contributed by atoms with E-state index in [2.05, 4.69) is 5.32 Å². The van der Waals surface area contributed by atoms with Gasteiger partial charge >= 0.3 is 5.97 Å². The Morgan fingerprint density at radius 2 is 1.83 bits per heavy atom. The molecule has 0 aromatic heterocycles. The molecule has 0 aliphatic carbocycles. The minimum Gasteiger partial charge on any atom is -0.452 e. The highest BCUT2D eigenvalue weighted by atomic mass is 35.5. The van der Waals surface area contributed by atoms with Crippen LogP contribution in [0.25, 0.3) is 0 Å². The average Bonchev–Trinajstić information content (AvgIpc) is 2.55. The number of aryl methyl sites for hydroxylation is 2. The van der Waals surface area contributed by atoms with E-state index in [-0.39, 0.29) is 6.61 Å². The molecule has 0 aliphatic heterocycles. The lowest BCUT2D eigenvalue weighted by atomic mass is 10.1. The van der Waals surface area contributed by atoms with Crippen molar-refractivity contribution in [1.29, 1.82) is 0 Å². The Labute approximate surface area is 140 Å². The highest BCUT2D eigenvalue weighted by Crippen LogP contribution is 2.19. The molecule has 1 amide bonds. The third-order valence-electron chi connectivity index (χ3n) is 3.39. The standard InChI is InChI=1S/C18H18ClNO3/c1-3-13-4-6-14(7-5-13)18(22)23-11-17(21)20-16-9-8-15(19)10-12(16)2/h4-10H,3,11H2,1-2H3,(H,20,21). The summed E-state index contributed by atoms with van der Waals surface area (Å²) in [5.41, 5.74) is 3.05. The molecule has 2 aromatic carbocycles. The summed E-state index contributed by atoms with van der Waals surface area (Å²) in [5, 5.41) is 3.29. The van der Waals surface area contributed by atoms with E-state index in [4.69, 9.17) is 16.3 Å². The number of nitrogens with one attached hydrogen (secondary N) is 1. The minimum atomic E-state index is -0.518. The van der Waals surface area contributed by atoms with Crippen LogP contribution in [0, 0.1) is 6.92 Å². The number of benzene rings is 2. The Morgan fingerprint density at radius 1 is 1.13 bits per heavy atom. The third-order valence-corrected chi connectivity index (χ3v) is 3.63. The lowest BCUT2D eigenvalue weighted by Crippen LogP contribution is -2.21. The Bertz CT molecular complexity index is 711. The monoisotopic (exact) mass is 331 g/mol. The van der Waals surface area contributed by atoms with Crippen molar-refractivity contribution in [3.63, 3.8) is 0 Å². The number of halogens is 1. The zero-order valence-electron chi connectivity index (χ0n) is 13.1. The molecule has 0 heterocycles. The van der Waals surface area contributed by atoms with Crippen LogP contribution in [0.4, 0.5) is 5.69 Å². The predicted molar refractivity (Wildman–Crippen MR) is 90.9 cm³/mol. The molecule has 0 unspecified atom stereocenters. The number of anilines is 1. The Balaban J connectivity index is 1.89. The largest absolute Gasteiger partial charge is 0.452 e.